The number of thioether (sulfide) groups is 1. The third-order valence-corrected chi connectivity index (χ3v) is 3.76. The molecule has 0 aliphatic carbocycles. The largest absolute Gasteiger partial charge is 0.466 e. The molecule has 0 fully saturated rings. The number of benzene rings is 1. The molecule has 1 rings (SSSR count). The number of esters is 1. The van der Waals surface area contributed by atoms with Crippen molar-refractivity contribution in [3.05, 3.63) is 29.8 Å². The minimum Gasteiger partial charge on any atom is -0.466 e. The molecule has 4 nitrogen and oxygen atoms in total. The lowest BCUT2D eigenvalue weighted by Gasteiger charge is -2.16. The molecule has 0 aliphatic heterocycles. The minimum atomic E-state index is -0.265. The fourth-order valence-electron chi connectivity index (χ4n) is 1.51. The van der Waals surface area contributed by atoms with E-state index in [4.69, 9.17) is 4.74 Å². The molecule has 0 N–H and O–H groups in total. The number of amides is 1. The lowest BCUT2D eigenvalue weighted by atomic mass is 10.2. The van der Waals surface area contributed by atoms with Gasteiger partial charge >= 0.3 is 5.97 Å². The molecule has 0 heterocycles. The highest BCUT2D eigenvalue weighted by molar-refractivity contribution is 8.00. The molecule has 0 saturated carbocycles. The summed E-state index contributed by atoms with van der Waals surface area (Å²) in [7, 11) is 1.71. The van der Waals surface area contributed by atoms with Gasteiger partial charge in [-0.25, -0.2) is 0 Å². The molecule has 0 atom stereocenters. The van der Waals surface area contributed by atoms with Crippen molar-refractivity contribution in [3.8, 4) is 0 Å². The Balaban J connectivity index is 2.31. The van der Waals surface area contributed by atoms with Crippen LogP contribution in [-0.4, -0.2) is 42.7 Å². The van der Waals surface area contributed by atoms with E-state index in [2.05, 4.69) is 0 Å². The van der Waals surface area contributed by atoms with Crippen molar-refractivity contribution in [3.63, 3.8) is 0 Å². The van der Waals surface area contributed by atoms with Crippen molar-refractivity contribution in [2.24, 2.45) is 0 Å². The molecule has 110 valence electrons. The topological polar surface area (TPSA) is 46.6 Å². The molecule has 1 aromatic carbocycles. The predicted molar refractivity (Wildman–Crippen MR) is 80.8 cm³/mol. The highest BCUT2D eigenvalue weighted by atomic mass is 32.2. The quantitative estimate of drug-likeness (QED) is 0.573. The number of aryl methyl sites for hydroxylation is 1. The van der Waals surface area contributed by atoms with E-state index in [1.54, 1.807) is 18.9 Å². The van der Waals surface area contributed by atoms with Gasteiger partial charge in [0.2, 0.25) is 5.91 Å². The molecule has 1 amide bonds. The van der Waals surface area contributed by atoms with Crippen molar-refractivity contribution in [1.29, 1.82) is 0 Å². The van der Waals surface area contributed by atoms with Gasteiger partial charge in [-0.15, -0.1) is 11.8 Å². The van der Waals surface area contributed by atoms with Gasteiger partial charge in [-0.2, -0.15) is 0 Å². The first-order valence-corrected chi connectivity index (χ1v) is 7.60. The molecule has 0 bridgehead atoms. The second kappa shape index (κ2) is 8.64. The Labute approximate surface area is 124 Å². The Kier molecular flexibility index (Phi) is 7.15. The zero-order valence-corrected chi connectivity index (χ0v) is 13.0. The van der Waals surface area contributed by atoms with Crippen LogP contribution in [0.2, 0.25) is 0 Å². The van der Waals surface area contributed by atoms with Crippen LogP contribution in [0.15, 0.2) is 29.2 Å². The number of nitrogens with zero attached hydrogens (tertiary/aromatic N) is 1. The first-order chi connectivity index (χ1) is 9.52. The fraction of sp³-hybridized carbons (Fsp3) is 0.467. The minimum absolute atomic E-state index is 0.0138. The molecule has 0 saturated heterocycles. The van der Waals surface area contributed by atoms with E-state index in [1.807, 2.05) is 31.2 Å². The van der Waals surface area contributed by atoms with Gasteiger partial charge in [0, 0.05) is 18.5 Å². The van der Waals surface area contributed by atoms with Crippen LogP contribution in [0.4, 0.5) is 0 Å². The maximum Gasteiger partial charge on any atom is 0.307 e. The van der Waals surface area contributed by atoms with Crippen LogP contribution < -0.4 is 0 Å². The van der Waals surface area contributed by atoms with E-state index in [0.29, 0.717) is 18.9 Å². The molecule has 0 radical (unpaired) electrons. The van der Waals surface area contributed by atoms with Crippen LogP contribution in [-0.2, 0) is 14.3 Å². The van der Waals surface area contributed by atoms with Crippen LogP contribution in [0.25, 0.3) is 0 Å². The van der Waals surface area contributed by atoms with Gasteiger partial charge in [-0.05, 0) is 26.0 Å². The van der Waals surface area contributed by atoms with Crippen LogP contribution in [0.1, 0.15) is 18.9 Å². The number of rotatable bonds is 7. The molecule has 0 spiro atoms. The van der Waals surface area contributed by atoms with E-state index in [0.717, 1.165) is 4.90 Å². The zero-order chi connectivity index (χ0) is 15.0. The maximum atomic E-state index is 11.9. The lowest BCUT2D eigenvalue weighted by molar-refractivity contribution is -0.143. The molecule has 5 heteroatoms. The second-order valence-electron chi connectivity index (χ2n) is 4.47. The van der Waals surface area contributed by atoms with E-state index < -0.39 is 0 Å². The van der Waals surface area contributed by atoms with E-state index in [1.165, 1.54) is 17.3 Å². The highest BCUT2D eigenvalue weighted by Crippen LogP contribution is 2.18. The number of ether oxygens (including phenoxy) is 1. The van der Waals surface area contributed by atoms with Crippen LogP contribution in [0, 0.1) is 6.92 Å². The smallest absolute Gasteiger partial charge is 0.307 e. The second-order valence-corrected chi connectivity index (χ2v) is 5.52. The molecule has 0 unspecified atom stereocenters. The highest BCUT2D eigenvalue weighted by Gasteiger charge is 2.11. The SMILES string of the molecule is CCOC(=O)CCN(C)C(=O)CSc1ccc(C)cc1. The van der Waals surface area contributed by atoms with Crippen molar-refractivity contribution in [2.45, 2.75) is 25.2 Å². The summed E-state index contributed by atoms with van der Waals surface area (Å²) in [6, 6.07) is 8.06. The Morgan fingerprint density at radius 2 is 1.90 bits per heavy atom. The average Bonchev–Trinajstić information content (AvgIpc) is 2.44. The molecule has 0 aliphatic rings. The monoisotopic (exact) mass is 295 g/mol. The third kappa shape index (κ3) is 6.10. The summed E-state index contributed by atoms with van der Waals surface area (Å²) in [5, 5.41) is 0. The number of hydrogen-bond acceptors (Lipinski definition) is 4. The first kappa shape index (κ1) is 16.6. The molecule has 0 aromatic heterocycles. The van der Waals surface area contributed by atoms with Crippen molar-refractivity contribution < 1.29 is 14.3 Å². The Morgan fingerprint density at radius 1 is 1.25 bits per heavy atom. The van der Waals surface area contributed by atoms with Gasteiger partial charge in [0.05, 0.1) is 18.8 Å². The van der Waals surface area contributed by atoms with Crippen molar-refractivity contribution in [2.75, 3.05) is 26.0 Å². The van der Waals surface area contributed by atoms with E-state index in [-0.39, 0.29) is 18.3 Å². The summed E-state index contributed by atoms with van der Waals surface area (Å²) in [6.45, 7) is 4.57. The first-order valence-electron chi connectivity index (χ1n) is 6.62. The molecular formula is C15H21NO3S. The maximum absolute atomic E-state index is 11.9. The number of carbonyl (C=O) groups excluding carboxylic acids is 2. The van der Waals surface area contributed by atoms with Gasteiger partial charge in [0.15, 0.2) is 0 Å². The summed E-state index contributed by atoms with van der Waals surface area (Å²) in [5.74, 6) is 0.126. The summed E-state index contributed by atoms with van der Waals surface area (Å²) < 4.78 is 4.83. The van der Waals surface area contributed by atoms with Gasteiger partial charge in [-0.3, -0.25) is 9.59 Å². The van der Waals surface area contributed by atoms with E-state index >= 15 is 0 Å². The van der Waals surface area contributed by atoms with Gasteiger partial charge < -0.3 is 9.64 Å². The summed E-state index contributed by atoms with van der Waals surface area (Å²) in [4.78, 5) is 25.8. The van der Waals surface area contributed by atoms with Crippen LogP contribution in [0.5, 0.6) is 0 Å². The van der Waals surface area contributed by atoms with Crippen LogP contribution >= 0.6 is 11.8 Å². The van der Waals surface area contributed by atoms with Crippen molar-refractivity contribution in [1.82, 2.24) is 4.90 Å². The van der Waals surface area contributed by atoms with Crippen LogP contribution in [0.3, 0.4) is 0 Å². The average molecular weight is 295 g/mol. The third-order valence-electron chi connectivity index (χ3n) is 2.77. The summed E-state index contributed by atoms with van der Waals surface area (Å²) in [5.41, 5.74) is 1.20. The lowest BCUT2D eigenvalue weighted by Crippen LogP contribution is -2.30. The van der Waals surface area contributed by atoms with Gasteiger partial charge in [0.25, 0.3) is 0 Å². The number of carbonyl (C=O) groups is 2. The normalized spacial score (nSPS) is 10.2. The Bertz CT molecular complexity index is 445. The summed E-state index contributed by atoms with van der Waals surface area (Å²) in [6.07, 6.45) is 0.241. The standard InChI is InChI=1S/C15H21NO3S/c1-4-19-15(18)9-10-16(3)14(17)11-20-13-7-5-12(2)6-8-13/h5-8H,4,9-11H2,1-3H3. The predicted octanol–water partition coefficient (Wildman–Crippen LogP) is 2.50. The fourth-order valence-corrected chi connectivity index (χ4v) is 2.35. The molecular weight excluding hydrogens is 274 g/mol. The van der Waals surface area contributed by atoms with Gasteiger partial charge in [-0.1, -0.05) is 17.7 Å². The van der Waals surface area contributed by atoms with E-state index in [9.17, 15) is 9.59 Å². The zero-order valence-electron chi connectivity index (χ0n) is 12.2. The van der Waals surface area contributed by atoms with Crippen molar-refractivity contribution >= 4 is 23.6 Å². The number of hydrogen-bond donors (Lipinski definition) is 0. The molecule has 1 aromatic rings. The summed E-state index contributed by atoms with van der Waals surface area (Å²) >= 11 is 1.50. The Morgan fingerprint density at radius 3 is 2.50 bits per heavy atom. The molecule has 20 heavy (non-hydrogen) atoms. The van der Waals surface area contributed by atoms with Gasteiger partial charge in [0.1, 0.15) is 0 Å². The Hall–Kier alpha value is -1.49.